The molecule has 91 fully saturated rings. The van der Waals surface area contributed by atoms with Gasteiger partial charge in [-0.25, -0.2) is 0 Å². The number of rotatable bonds is 0. The van der Waals surface area contributed by atoms with Gasteiger partial charge < -0.3 is 0 Å². The molecule has 0 saturated heterocycles. The van der Waals surface area contributed by atoms with Crippen molar-refractivity contribution >= 4 is 0 Å². The summed E-state index contributed by atoms with van der Waals surface area (Å²) < 4.78 is 0. The van der Waals surface area contributed by atoms with Crippen molar-refractivity contribution in [3.8, 4) is 0 Å². The fourth-order valence-electron chi connectivity index (χ4n) is 142. The summed E-state index contributed by atoms with van der Waals surface area (Å²) in [6, 6.07) is 0. The Hall–Kier alpha value is 0. The van der Waals surface area contributed by atoms with Crippen LogP contribution in [0, 0.1) is 667 Å². The van der Waals surface area contributed by atoms with E-state index in [2.05, 4.69) is 0 Å². The smallest absolute Gasteiger partial charge is 0.0000807 e. The van der Waals surface area contributed by atoms with Crippen LogP contribution in [-0.4, -0.2) is 0 Å². The molecule has 91 rings (SSSR count). The second-order valence-corrected chi connectivity index (χ2v) is 82.6. The molecule has 91 aliphatic rings. The molecular weight excluding hydrogens is 1510 g/mol. The predicted molar refractivity (Wildman–Crippen MR) is 399 cm³/mol. The van der Waals surface area contributed by atoms with Gasteiger partial charge in [0.25, 0.3) is 0 Å². The lowest BCUT2D eigenvalue weighted by Gasteiger charge is -3.77. The van der Waals surface area contributed by atoms with Crippen LogP contribution in [0.25, 0.3) is 0 Å². The zero-order chi connectivity index (χ0) is 69.0. The zero-order valence-electron chi connectivity index (χ0n) is 69.0. The first-order chi connectivity index (χ1) is 62.7. The maximum Gasteiger partial charge on any atom is -0.0000807 e. The molecule has 0 aromatic rings. The van der Waals surface area contributed by atoms with Crippen LogP contribution in [0.15, 0.2) is 0 Å². The lowest BCUT2D eigenvalue weighted by Crippen LogP contribution is -3.74. The molecule has 0 aromatic heterocycles. The molecule has 0 heteroatoms. The summed E-state index contributed by atoms with van der Waals surface area (Å²) >= 11 is 0. The maximum atomic E-state index is 2.00. The normalized spacial score (nSPS) is 144. The Morgan fingerprint density at radius 1 is 0.167 bits per heavy atom. The third-order valence-corrected chi connectivity index (χ3v) is 111. The van der Waals surface area contributed by atoms with Crippen molar-refractivity contribution in [2.45, 2.75) is 51.4 Å². The Labute approximate surface area is 713 Å². The third-order valence-electron chi connectivity index (χ3n) is 111. The van der Waals surface area contributed by atoms with E-state index < -0.39 is 0 Å². The van der Waals surface area contributed by atoms with Crippen molar-refractivity contribution in [1.29, 1.82) is 0 Å². The Morgan fingerprint density at radius 3 is 1.29 bits per heavy atom. The van der Waals surface area contributed by atoms with Crippen molar-refractivity contribution < 1.29 is 0 Å². The average molecular weight is 1590 g/mol. The number of hydrogen-bond acceptors (Lipinski definition) is 0. The van der Waals surface area contributed by atoms with Crippen LogP contribution in [0.4, 0.5) is 0 Å². The molecule has 118 unspecified atom stereocenters. The van der Waals surface area contributed by atoms with Gasteiger partial charge in [-0.05, 0) is 718 Å². The second kappa shape index (κ2) is 6.40. The van der Waals surface area contributed by atoms with Crippen LogP contribution in [0.1, 0.15) is 51.4 Å². The van der Waals surface area contributed by atoms with Crippen molar-refractivity contribution in [2.75, 3.05) is 0 Å². The molecule has 0 nitrogen and oxygen atoms in total. The molecule has 0 aromatic carbocycles. The summed E-state index contributed by atoms with van der Waals surface area (Å²) in [7, 11) is 0. The van der Waals surface area contributed by atoms with Crippen LogP contribution in [0.5, 0.6) is 0 Å². The average Bonchev–Trinajstić information content (AvgIpc) is 0.402. The first kappa shape index (κ1) is 42.2. The molecule has 0 amide bonds. The standard InChI is InChI=1S/C126H72/c1-2-65-7-10-3-9(1)18-41-46-48-50-54-53-52-51-49-47-45-33-15-5-14-32-44-42-21-12-4-11-19(12)25-20(11)28-34(25)68-35-26-23(30(35)37(28)68)24-27(26)36-31(24)38-29-22-13-6-16-67(13)39(22)40(29)69(36,38)76-61-57-56-60-75(68)59-55-43(21)73(42)79(44)77(32)70(14,15)78(33)82(45)85(47)86(49)87(51)88(52)89(53)90(54)84(50)83(48)80(46)74(41)58(18)66(10)64-72(65)17(8-65)71(16)93(67)63-62(76)97-98(63)106(93)101(71,72)99(64)100(66,74)107(80)109(83)112(84)118(90)114(89)111(88)110(87)113(86)117(85)108(82)104(77,78)105(79)81(55,73)94(59)102(75)95(60)91(56)92(57)96(61)103(76,97)126(118,123(97,112)120(98,109)124(99,106)107)122(96,114)116(92,111)115(91,110)121(95,113)125(102,117)119(94,105)108/h9-64H,1-8H2. The molecule has 0 N–H and O–H groups in total. The second-order valence-electron chi connectivity index (χ2n) is 82.6. The minimum Gasteiger partial charge on any atom is -0.0496 e. The van der Waals surface area contributed by atoms with Crippen molar-refractivity contribution in [2.24, 2.45) is 559 Å². The van der Waals surface area contributed by atoms with E-state index in [1.54, 1.807) is 0 Å². The molecule has 118 atom stereocenters. The topological polar surface area (TPSA) is 0 Å². The van der Waals surface area contributed by atoms with Crippen LogP contribution in [0.3, 0.4) is 0 Å². The quantitative estimate of drug-likeness (QED) is 0.227. The van der Waals surface area contributed by atoms with Crippen molar-refractivity contribution in [3.63, 3.8) is 0 Å². The van der Waals surface area contributed by atoms with Gasteiger partial charge in [0, 0.05) is 0 Å². The summed E-state index contributed by atoms with van der Waals surface area (Å²) in [5.41, 5.74) is 68.5. The molecule has 0 heterocycles. The number of hydrogen-bond donors (Lipinski definition) is 0. The fraction of sp³-hybridized carbons (Fsp3) is 1.00. The van der Waals surface area contributed by atoms with Gasteiger partial charge in [-0.1, -0.05) is 0 Å². The Morgan fingerprint density at radius 2 is 0.603 bits per heavy atom. The van der Waals surface area contributed by atoms with Gasteiger partial charge in [0.05, 0.1) is 0 Å². The molecule has 3 bridgehead atoms. The van der Waals surface area contributed by atoms with E-state index in [0.29, 0.717) is 0 Å². The van der Waals surface area contributed by atoms with Crippen LogP contribution in [0.2, 0.25) is 0 Å². The summed E-state index contributed by atoms with van der Waals surface area (Å²) in [5.74, 6) is 80.0. The molecule has 576 valence electrons. The molecule has 91 aliphatic carbocycles. The van der Waals surface area contributed by atoms with E-state index in [1.165, 1.54) is 331 Å². The van der Waals surface area contributed by atoms with E-state index >= 15 is 0 Å². The third kappa shape index (κ3) is 0.925. The van der Waals surface area contributed by atoms with Crippen LogP contribution < -0.4 is 0 Å². The molecular formula is C126H72. The van der Waals surface area contributed by atoms with Crippen molar-refractivity contribution in [3.05, 3.63) is 108 Å². The number of fused-ring (bicyclic) bond motifs is 31. The van der Waals surface area contributed by atoms with Gasteiger partial charge in [-0.15, -0.1) is 0 Å². The van der Waals surface area contributed by atoms with Crippen LogP contribution >= 0.6 is 0 Å². The minimum absolute atomic E-state index is 0.932. The van der Waals surface area contributed by atoms with E-state index in [0.717, 1.165) is 336 Å². The highest BCUT2D eigenvalue weighted by Gasteiger charge is 3.85. The van der Waals surface area contributed by atoms with E-state index in [-0.39, 0.29) is 0 Å². The predicted octanol–water partition coefficient (Wildman–Crippen LogP) is 11.6. The Balaban J connectivity index is 0.527. The maximum absolute atomic E-state index is 2.00. The molecule has 0 aliphatic heterocycles. The SMILES string of the molecule is C1CC23CC4CC1C1C5C6C7C8C9C%10C%11C%12C%13C%14C%15C%16C%17CC%18C%19C%20C%21C%22C%23CC%24C%23C%23C%24C%24C%23C%23%25C%26C%27C(C%28C%27C%27C%28C%28C%29C%30C%31CC%32C%31%33C%30C%29C%27%28C%27%28C%29C%30C%33%31C%32%33C(C2)C32C3C4%32C1C51C64C75C86C97C%108C%119C%12%10C%13%11C%14%12C%15%13C%16%14C%18%17C%19%15C%20%16C%21%17C%22C%18C%19C%23%20C%21C%22C%23C%27C%27%34C%23%35C%22%23C%21%22C%20%21C%19%20C%18%17C%16%17C%15%14C%13%14C%20%17C%21%13C%12%14C%11%12C%10%11C9%10C%35(C%23%11C%22%12%13)C%279C8%10C78C67C56C45C%321C31C2%33C%312C%303C%294C%28%34C98C47C36C125)C%26C%24%25. The summed E-state index contributed by atoms with van der Waals surface area (Å²) in [6.45, 7) is 0. The minimum atomic E-state index is 0.932. The molecule has 126 heavy (non-hydrogen) atoms. The monoisotopic (exact) mass is 1580 g/mol. The highest BCUT2D eigenvalue weighted by molar-refractivity contribution is 6.81. The van der Waals surface area contributed by atoms with E-state index in [9.17, 15) is 0 Å². The van der Waals surface area contributed by atoms with Gasteiger partial charge in [-0.3, -0.25) is 0 Å². The van der Waals surface area contributed by atoms with Crippen LogP contribution in [-0.2, 0) is 0 Å². The molecule has 91 saturated carbocycles. The largest absolute Gasteiger partial charge is 0.0496 e. The summed E-state index contributed by atoms with van der Waals surface area (Å²) in [6.07, 6.45) is 15.6. The van der Waals surface area contributed by atoms with Gasteiger partial charge in [0.2, 0.25) is 0 Å². The first-order valence-electron chi connectivity index (χ1n) is 62.7. The van der Waals surface area contributed by atoms with Gasteiger partial charge in [0.1, 0.15) is 0 Å². The van der Waals surface area contributed by atoms with Gasteiger partial charge >= 0.3 is 0 Å². The molecule has 0 radical (unpaired) electrons. The van der Waals surface area contributed by atoms with Gasteiger partial charge in [0.15, 0.2) is 0 Å². The fourth-order valence-corrected chi connectivity index (χ4v) is 142. The van der Waals surface area contributed by atoms with E-state index in [4.69, 9.17) is 0 Å². The Bertz CT molecular complexity index is 9960. The lowest BCUT2D eigenvalue weighted by atomic mass is 8.24. The first-order valence-corrected chi connectivity index (χ1v) is 62.7. The summed E-state index contributed by atoms with van der Waals surface area (Å²) in [4.78, 5) is 0. The highest BCUT2D eigenvalue weighted by atomic mass is 15.9. The molecule has 62 spiro atoms. The Kier molecular flexibility index (Phi) is 2.14. The highest BCUT2D eigenvalue weighted by Crippen LogP contribution is 3.89. The lowest BCUT2D eigenvalue weighted by molar-refractivity contribution is -1.23. The van der Waals surface area contributed by atoms with Crippen molar-refractivity contribution in [1.82, 2.24) is 0 Å². The van der Waals surface area contributed by atoms with Gasteiger partial charge in [-0.2, -0.15) is 0 Å². The summed E-state index contributed by atoms with van der Waals surface area (Å²) in [5, 5.41) is 0. The zero-order valence-corrected chi connectivity index (χ0v) is 69.0. The van der Waals surface area contributed by atoms with E-state index in [1.807, 2.05) is 51.4 Å².